The molecule has 6 nitrogen and oxygen atoms in total. The van der Waals surface area contributed by atoms with Gasteiger partial charge in [0.25, 0.3) is 5.22 Å². The smallest absolute Gasteiger partial charge is 0.277 e. The summed E-state index contributed by atoms with van der Waals surface area (Å²) < 4.78 is 6.85. The fraction of sp³-hybridized carbons (Fsp3) is 0.500. The third kappa shape index (κ3) is 5.32. The lowest BCUT2D eigenvalue weighted by Crippen LogP contribution is -2.31. The summed E-state index contributed by atoms with van der Waals surface area (Å²) in [5.41, 5.74) is 1.03. The highest BCUT2D eigenvalue weighted by atomic mass is 32.2. The molecule has 1 fully saturated rings. The molecule has 8 heteroatoms. The maximum Gasteiger partial charge on any atom is 0.277 e. The molecule has 1 aliphatic carbocycles. The molecule has 1 saturated carbocycles. The Morgan fingerprint density at radius 3 is 2.89 bits per heavy atom. The molecule has 1 aliphatic rings. The van der Waals surface area contributed by atoms with E-state index in [9.17, 15) is 4.79 Å². The van der Waals surface area contributed by atoms with Gasteiger partial charge >= 0.3 is 0 Å². The van der Waals surface area contributed by atoms with Gasteiger partial charge in [0.1, 0.15) is 0 Å². The Balaban J connectivity index is 1.20. The SMILES string of the molecule is O=C(CSc1nnc(CCc2nc3ccccc3s2)o1)NCC1CCCCC1. The molecular formula is C20H24N4O2S2. The monoisotopic (exact) mass is 416 g/mol. The van der Waals surface area contributed by atoms with Gasteiger partial charge in [-0.15, -0.1) is 21.5 Å². The first-order chi connectivity index (χ1) is 13.8. The predicted molar refractivity (Wildman–Crippen MR) is 112 cm³/mol. The summed E-state index contributed by atoms with van der Waals surface area (Å²) in [6.45, 7) is 0.788. The van der Waals surface area contributed by atoms with Crippen LogP contribution >= 0.6 is 23.1 Å². The molecular weight excluding hydrogens is 392 g/mol. The second-order valence-electron chi connectivity index (χ2n) is 7.13. The van der Waals surface area contributed by atoms with Gasteiger partial charge in [-0.25, -0.2) is 4.98 Å². The number of hydrogen-bond acceptors (Lipinski definition) is 7. The van der Waals surface area contributed by atoms with E-state index in [4.69, 9.17) is 4.42 Å². The van der Waals surface area contributed by atoms with Crippen LogP contribution in [-0.4, -0.2) is 33.4 Å². The molecule has 0 radical (unpaired) electrons. The Hall–Kier alpha value is -1.93. The van der Waals surface area contributed by atoms with E-state index in [1.165, 1.54) is 48.6 Å². The lowest BCUT2D eigenvalue weighted by molar-refractivity contribution is -0.118. The molecule has 4 rings (SSSR count). The molecule has 0 bridgehead atoms. The highest BCUT2D eigenvalue weighted by Gasteiger charge is 2.15. The van der Waals surface area contributed by atoms with E-state index in [-0.39, 0.29) is 5.91 Å². The Bertz CT molecular complexity index is 885. The fourth-order valence-electron chi connectivity index (χ4n) is 3.47. The Morgan fingerprint density at radius 1 is 1.18 bits per heavy atom. The van der Waals surface area contributed by atoms with Gasteiger partial charge in [0.2, 0.25) is 11.8 Å². The van der Waals surface area contributed by atoms with E-state index >= 15 is 0 Å². The largest absolute Gasteiger partial charge is 0.416 e. The van der Waals surface area contributed by atoms with Gasteiger partial charge in [0, 0.05) is 19.4 Å². The van der Waals surface area contributed by atoms with Gasteiger partial charge in [-0.2, -0.15) is 0 Å². The van der Waals surface area contributed by atoms with E-state index in [2.05, 4.69) is 26.6 Å². The van der Waals surface area contributed by atoms with Crippen LogP contribution in [0, 0.1) is 5.92 Å². The first kappa shape index (κ1) is 19.4. The number of rotatable bonds is 8. The Labute approximate surface area is 172 Å². The Kier molecular flexibility index (Phi) is 6.59. The predicted octanol–water partition coefficient (Wildman–Crippen LogP) is 4.25. The van der Waals surface area contributed by atoms with Crippen molar-refractivity contribution in [3.8, 4) is 0 Å². The number of hydrogen-bond donors (Lipinski definition) is 1. The standard InChI is InChI=1S/C20H24N4O2S2/c25-17(21-12-14-6-2-1-3-7-14)13-27-20-24-23-18(26-20)10-11-19-22-15-8-4-5-9-16(15)28-19/h4-5,8-9,14H,1-3,6-7,10-13H2,(H,21,25). The number of carbonyl (C=O) groups is 1. The van der Waals surface area contributed by atoms with Gasteiger partial charge < -0.3 is 9.73 Å². The van der Waals surface area contributed by atoms with Crippen LogP contribution in [0.4, 0.5) is 0 Å². The number of fused-ring (bicyclic) bond motifs is 1. The molecule has 2 heterocycles. The molecule has 1 amide bonds. The van der Waals surface area contributed by atoms with Crippen LogP contribution in [0.25, 0.3) is 10.2 Å². The summed E-state index contributed by atoms with van der Waals surface area (Å²) in [4.78, 5) is 16.7. The fourth-order valence-corrected chi connectivity index (χ4v) is 5.04. The third-order valence-corrected chi connectivity index (χ3v) is 6.89. The first-order valence-electron chi connectivity index (χ1n) is 9.82. The number of nitrogens with zero attached hydrogens (tertiary/aromatic N) is 3. The molecule has 0 saturated heterocycles. The molecule has 0 aliphatic heterocycles. The van der Waals surface area contributed by atoms with E-state index in [1.54, 1.807) is 11.3 Å². The third-order valence-electron chi connectivity index (χ3n) is 4.98. The van der Waals surface area contributed by atoms with Crippen molar-refractivity contribution in [1.82, 2.24) is 20.5 Å². The number of thioether (sulfide) groups is 1. The zero-order valence-electron chi connectivity index (χ0n) is 15.7. The molecule has 0 unspecified atom stereocenters. The molecule has 1 aromatic carbocycles. The van der Waals surface area contributed by atoms with Crippen molar-refractivity contribution in [2.45, 2.75) is 50.2 Å². The zero-order chi connectivity index (χ0) is 19.2. The van der Waals surface area contributed by atoms with Crippen molar-refractivity contribution in [3.05, 3.63) is 35.2 Å². The summed E-state index contributed by atoms with van der Waals surface area (Å²) in [5.74, 6) is 1.57. The van der Waals surface area contributed by atoms with Crippen LogP contribution in [-0.2, 0) is 17.6 Å². The van der Waals surface area contributed by atoms with Crippen molar-refractivity contribution in [1.29, 1.82) is 0 Å². The average Bonchev–Trinajstić information content (AvgIpc) is 3.36. The van der Waals surface area contributed by atoms with Crippen LogP contribution < -0.4 is 5.32 Å². The minimum Gasteiger partial charge on any atom is -0.416 e. The highest BCUT2D eigenvalue weighted by Crippen LogP contribution is 2.24. The minimum absolute atomic E-state index is 0.0322. The highest BCUT2D eigenvalue weighted by molar-refractivity contribution is 7.99. The van der Waals surface area contributed by atoms with E-state index < -0.39 is 0 Å². The van der Waals surface area contributed by atoms with Gasteiger partial charge in [-0.3, -0.25) is 4.79 Å². The van der Waals surface area contributed by atoms with Gasteiger partial charge in [0.15, 0.2) is 0 Å². The number of thiazole rings is 1. The summed E-state index contributed by atoms with van der Waals surface area (Å²) in [5, 5.41) is 12.7. The summed E-state index contributed by atoms with van der Waals surface area (Å²) >= 11 is 2.99. The van der Waals surface area contributed by atoms with Crippen molar-refractivity contribution in [3.63, 3.8) is 0 Å². The molecule has 0 spiro atoms. The second kappa shape index (κ2) is 9.52. The normalized spacial score (nSPS) is 15.1. The molecule has 28 heavy (non-hydrogen) atoms. The van der Waals surface area contributed by atoms with Crippen LogP contribution in [0.2, 0.25) is 0 Å². The maximum atomic E-state index is 12.0. The van der Waals surface area contributed by atoms with Crippen LogP contribution in [0.5, 0.6) is 0 Å². The van der Waals surface area contributed by atoms with Crippen molar-refractivity contribution < 1.29 is 9.21 Å². The van der Waals surface area contributed by atoms with Crippen molar-refractivity contribution in [2.75, 3.05) is 12.3 Å². The number of amides is 1. The Morgan fingerprint density at radius 2 is 2.04 bits per heavy atom. The quantitative estimate of drug-likeness (QED) is 0.553. The number of benzene rings is 1. The first-order valence-corrected chi connectivity index (χ1v) is 11.6. The second-order valence-corrected chi connectivity index (χ2v) is 9.18. The summed E-state index contributed by atoms with van der Waals surface area (Å²) in [6, 6.07) is 8.13. The summed E-state index contributed by atoms with van der Waals surface area (Å²) in [7, 11) is 0. The van der Waals surface area contributed by atoms with Crippen LogP contribution in [0.3, 0.4) is 0 Å². The number of aryl methyl sites for hydroxylation is 2. The molecule has 1 N–H and O–H groups in total. The lowest BCUT2D eigenvalue weighted by Gasteiger charge is -2.21. The maximum absolute atomic E-state index is 12.0. The number of para-hydroxylation sites is 1. The topological polar surface area (TPSA) is 80.9 Å². The van der Waals surface area contributed by atoms with E-state index in [0.717, 1.165) is 23.5 Å². The van der Waals surface area contributed by atoms with Crippen LogP contribution in [0.15, 0.2) is 33.9 Å². The van der Waals surface area contributed by atoms with E-state index in [1.807, 2.05) is 18.2 Å². The molecule has 3 aromatic rings. The van der Waals surface area contributed by atoms with E-state index in [0.29, 0.717) is 29.2 Å². The summed E-state index contributed by atoms with van der Waals surface area (Å²) in [6.07, 6.45) is 7.80. The van der Waals surface area contributed by atoms with Gasteiger partial charge in [0.05, 0.1) is 21.0 Å². The number of aromatic nitrogens is 3. The van der Waals surface area contributed by atoms with Crippen LogP contribution in [0.1, 0.15) is 43.0 Å². The van der Waals surface area contributed by atoms with Crippen molar-refractivity contribution in [2.24, 2.45) is 5.92 Å². The molecule has 2 aromatic heterocycles. The van der Waals surface area contributed by atoms with Crippen molar-refractivity contribution >= 4 is 39.2 Å². The molecule has 148 valence electrons. The number of carbonyl (C=O) groups excluding carboxylic acids is 1. The average molecular weight is 417 g/mol. The zero-order valence-corrected chi connectivity index (χ0v) is 17.4. The number of nitrogens with one attached hydrogen (secondary N) is 1. The van der Waals surface area contributed by atoms with Gasteiger partial charge in [-0.1, -0.05) is 43.2 Å². The molecule has 0 atom stereocenters. The lowest BCUT2D eigenvalue weighted by atomic mass is 9.89. The minimum atomic E-state index is 0.0322. The van der Waals surface area contributed by atoms with Gasteiger partial charge in [-0.05, 0) is 30.9 Å².